The number of hydrogen-bond donors (Lipinski definition) is 6. The molecular formula is C43H52ClF4N9O4. The van der Waals surface area contributed by atoms with Gasteiger partial charge in [-0.2, -0.15) is 22.7 Å². The smallest absolute Gasteiger partial charge is 0.349 e. The van der Waals surface area contributed by atoms with Crippen LogP contribution in [-0.2, 0) is 26.7 Å². The summed E-state index contributed by atoms with van der Waals surface area (Å²) in [6, 6.07) is 18.2. The monoisotopic (exact) mass is 869 g/mol. The van der Waals surface area contributed by atoms with E-state index < -0.39 is 35.5 Å². The topological polar surface area (TPSA) is 187 Å². The van der Waals surface area contributed by atoms with Gasteiger partial charge in [-0.15, -0.1) is 12.4 Å². The zero-order valence-corrected chi connectivity index (χ0v) is 35.0. The van der Waals surface area contributed by atoms with Gasteiger partial charge in [-0.3, -0.25) is 24.3 Å². The molecule has 1 aliphatic carbocycles. The molecule has 0 radical (unpaired) electrons. The molecule has 1 aromatic heterocycles. The van der Waals surface area contributed by atoms with Crippen LogP contribution in [0.2, 0.25) is 0 Å². The molecule has 6 rings (SSSR count). The Bertz CT molecular complexity index is 2160. The number of halogens is 5. The third-order valence-electron chi connectivity index (χ3n) is 11.3. The molecule has 1 atom stereocenters. The van der Waals surface area contributed by atoms with E-state index in [9.17, 15) is 36.7 Å². The summed E-state index contributed by atoms with van der Waals surface area (Å²) in [6.07, 6.45) is 4.92. The van der Waals surface area contributed by atoms with Crippen molar-refractivity contribution in [3.8, 4) is 22.5 Å². The number of amides is 4. The SMILES string of the molecule is Cc1cc(C(=O)NC2CCNCC2)ccc1-c1ccc(C[C@H](NC(=O)[C@H]2CC[C@H](CN)CC2)C(=O)Nc2ccc(-c3nc(C(F)(F)C(F)(F)C(=O)N(C)C)n[nH]3)cc2)cc1.Cl. The molecule has 3 aromatic carbocycles. The molecule has 2 heterocycles. The number of nitrogens with one attached hydrogen (secondary N) is 5. The normalized spacial score (nSPS) is 17.7. The fraction of sp³-hybridized carbons (Fsp3) is 0.442. The van der Waals surface area contributed by atoms with Crippen molar-refractivity contribution in [2.75, 3.05) is 39.0 Å². The molecule has 4 aromatic rings. The fourth-order valence-electron chi connectivity index (χ4n) is 7.61. The molecule has 1 saturated heterocycles. The van der Waals surface area contributed by atoms with E-state index in [1.807, 2.05) is 49.4 Å². The Kier molecular flexibility index (Phi) is 15.3. The van der Waals surface area contributed by atoms with Crippen LogP contribution in [-0.4, -0.2) is 95.4 Å². The van der Waals surface area contributed by atoms with Crippen LogP contribution in [0.1, 0.15) is 65.8 Å². The number of anilines is 1. The second-order valence-electron chi connectivity index (χ2n) is 15.9. The molecule has 0 bridgehead atoms. The van der Waals surface area contributed by atoms with E-state index in [4.69, 9.17) is 5.73 Å². The first kappa shape index (κ1) is 46.7. The number of nitrogens with zero attached hydrogens (tertiary/aromatic N) is 3. The quantitative estimate of drug-likeness (QED) is 0.0885. The Hall–Kier alpha value is -5.39. The van der Waals surface area contributed by atoms with Gasteiger partial charge in [0.25, 0.3) is 11.8 Å². The summed E-state index contributed by atoms with van der Waals surface area (Å²) in [5.41, 5.74) is 10.5. The minimum absolute atomic E-state index is 0. The van der Waals surface area contributed by atoms with Crippen LogP contribution in [0.5, 0.6) is 0 Å². The molecule has 2 aliphatic rings. The van der Waals surface area contributed by atoms with Gasteiger partial charge in [-0.05, 0) is 130 Å². The van der Waals surface area contributed by atoms with Gasteiger partial charge < -0.3 is 31.9 Å². The number of carbonyl (C=O) groups is 4. The van der Waals surface area contributed by atoms with E-state index in [1.165, 1.54) is 24.3 Å². The molecular weight excluding hydrogens is 818 g/mol. The van der Waals surface area contributed by atoms with Crippen LogP contribution in [0.4, 0.5) is 23.2 Å². The molecule has 18 heteroatoms. The van der Waals surface area contributed by atoms with Crippen LogP contribution < -0.4 is 27.0 Å². The van der Waals surface area contributed by atoms with Gasteiger partial charge in [0.1, 0.15) is 6.04 Å². The van der Waals surface area contributed by atoms with Gasteiger partial charge in [0.05, 0.1) is 0 Å². The highest BCUT2D eigenvalue weighted by atomic mass is 35.5. The summed E-state index contributed by atoms with van der Waals surface area (Å²) in [5, 5.41) is 17.7. The van der Waals surface area contributed by atoms with Crippen LogP contribution in [0.25, 0.3) is 22.5 Å². The second-order valence-corrected chi connectivity index (χ2v) is 15.9. The highest BCUT2D eigenvalue weighted by Gasteiger charge is 2.66. The van der Waals surface area contributed by atoms with E-state index in [0.717, 1.165) is 75.1 Å². The number of nitrogens with two attached hydrogens (primary N) is 1. The van der Waals surface area contributed by atoms with Crippen LogP contribution in [0.3, 0.4) is 0 Å². The number of hydrogen-bond acceptors (Lipinski definition) is 8. The number of alkyl halides is 4. The van der Waals surface area contributed by atoms with Gasteiger partial charge in [-0.25, -0.2) is 4.98 Å². The second kappa shape index (κ2) is 20.0. The summed E-state index contributed by atoms with van der Waals surface area (Å²) < 4.78 is 58.3. The summed E-state index contributed by atoms with van der Waals surface area (Å²) in [4.78, 5) is 56.0. The van der Waals surface area contributed by atoms with Crippen molar-refractivity contribution in [2.24, 2.45) is 17.6 Å². The number of aromatic amines is 1. The van der Waals surface area contributed by atoms with E-state index in [1.54, 1.807) is 0 Å². The van der Waals surface area contributed by atoms with Crippen molar-refractivity contribution in [3.63, 3.8) is 0 Å². The first-order chi connectivity index (χ1) is 28.6. The summed E-state index contributed by atoms with van der Waals surface area (Å²) in [7, 11) is 1.86. The molecule has 1 saturated carbocycles. The average Bonchev–Trinajstić information content (AvgIpc) is 3.75. The lowest BCUT2D eigenvalue weighted by Crippen LogP contribution is -2.50. The van der Waals surface area contributed by atoms with Gasteiger partial charge in [-0.1, -0.05) is 30.3 Å². The Morgan fingerprint density at radius 2 is 1.52 bits per heavy atom. The maximum atomic E-state index is 14.7. The van der Waals surface area contributed by atoms with E-state index >= 15 is 0 Å². The zero-order valence-electron chi connectivity index (χ0n) is 34.2. The van der Waals surface area contributed by atoms with Crippen molar-refractivity contribution in [1.82, 2.24) is 36.0 Å². The first-order valence-electron chi connectivity index (χ1n) is 20.1. The molecule has 1 aliphatic heterocycles. The maximum Gasteiger partial charge on any atom is 0.394 e. The predicted molar refractivity (Wildman–Crippen MR) is 225 cm³/mol. The van der Waals surface area contributed by atoms with Gasteiger partial charge >= 0.3 is 11.8 Å². The lowest BCUT2D eigenvalue weighted by Gasteiger charge is -2.28. The molecule has 0 unspecified atom stereocenters. The maximum absolute atomic E-state index is 14.7. The molecule has 13 nitrogen and oxygen atoms in total. The highest BCUT2D eigenvalue weighted by molar-refractivity contribution is 5.98. The van der Waals surface area contributed by atoms with Crippen molar-refractivity contribution in [1.29, 1.82) is 0 Å². The molecule has 7 N–H and O–H groups in total. The van der Waals surface area contributed by atoms with Crippen LogP contribution >= 0.6 is 12.4 Å². The fourth-order valence-corrected chi connectivity index (χ4v) is 7.61. The molecule has 0 spiro atoms. The first-order valence-corrected chi connectivity index (χ1v) is 20.1. The summed E-state index contributed by atoms with van der Waals surface area (Å²) in [6.45, 7) is 4.27. The van der Waals surface area contributed by atoms with Crippen LogP contribution in [0, 0.1) is 18.8 Å². The third kappa shape index (κ3) is 10.9. The largest absolute Gasteiger partial charge is 0.394 e. The average molecular weight is 870 g/mol. The van der Waals surface area contributed by atoms with Gasteiger partial charge in [0, 0.05) is 49.3 Å². The third-order valence-corrected chi connectivity index (χ3v) is 11.3. The highest BCUT2D eigenvalue weighted by Crippen LogP contribution is 2.42. The minimum Gasteiger partial charge on any atom is -0.349 e. The lowest BCUT2D eigenvalue weighted by atomic mass is 9.81. The number of benzene rings is 3. The summed E-state index contributed by atoms with van der Waals surface area (Å²) in [5.74, 6) is -14.8. The van der Waals surface area contributed by atoms with Crippen molar-refractivity contribution in [2.45, 2.75) is 75.8 Å². The van der Waals surface area contributed by atoms with E-state index in [0.29, 0.717) is 41.5 Å². The Balaban J connectivity index is 0.00000704. The van der Waals surface area contributed by atoms with Crippen molar-refractivity contribution in [3.05, 3.63) is 89.2 Å². The van der Waals surface area contributed by atoms with Gasteiger partial charge in [0.2, 0.25) is 17.6 Å². The molecule has 61 heavy (non-hydrogen) atoms. The van der Waals surface area contributed by atoms with Crippen molar-refractivity contribution < 1.29 is 36.7 Å². The van der Waals surface area contributed by atoms with Gasteiger partial charge in [0.15, 0.2) is 5.82 Å². The zero-order chi connectivity index (χ0) is 43.2. The molecule has 328 valence electrons. The lowest BCUT2D eigenvalue weighted by molar-refractivity contribution is -0.224. The molecule has 4 amide bonds. The van der Waals surface area contributed by atoms with Crippen LogP contribution in [0.15, 0.2) is 66.7 Å². The number of piperidine rings is 1. The predicted octanol–water partition coefficient (Wildman–Crippen LogP) is 5.60. The van der Waals surface area contributed by atoms with E-state index in [-0.39, 0.29) is 54.0 Å². The Labute approximate surface area is 357 Å². The van der Waals surface area contributed by atoms with Crippen molar-refractivity contribution >= 4 is 41.7 Å². The number of rotatable bonds is 14. The number of aryl methyl sites for hydroxylation is 1. The number of carbonyl (C=O) groups excluding carboxylic acids is 4. The summed E-state index contributed by atoms with van der Waals surface area (Å²) >= 11 is 0. The standard InChI is InChI=1S/C43H51F4N9O4.ClH/c1-25-22-31(38(58)50-33-18-20-49-21-19-33)14-17-34(25)28-8-4-26(5-9-28)23-35(52-37(57)30-10-6-27(24-48)7-11-30)39(59)51-32-15-12-29(13-16-32)36-53-40(55-54-36)42(44,45)43(46,47)41(60)56(2)3;/h4-5,8-9,12-17,22,27,30,33,35,49H,6-7,10-11,18-21,23-24,48H2,1-3H3,(H,50,58)(H,51,59)(H,52,57)(H,53,54,55);1H/t27-,30-,35-;/m0./s1. The Morgan fingerprint density at radius 3 is 2.13 bits per heavy atom. The molecule has 2 fully saturated rings. The van der Waals surface area contributed by atoms with E-state index in [2.05, 4.69) is 36.4 Å². The Morgan fingerprint density at radius 1 is 0.885 bits per heavy atom. The minimum atomic E-state index is -5.10. The number of aromatic nitrogens is 3. The number of H-pyrrole nitrogens is 1.